The number of nitrogens with zero attached hydrogens (tertiary/aromatic N) is 2. The molecule has 0 aliphatic heterocycles. The van der Waals surface area contributed by atoms with E-state index in [0.717, 1.165) is 18.4 Å². The molecule has 4 nitrogen and oxygen atoms in total. The van der Waals surface area contributed by atoms with Crippen molar-refractivity contribution in [1.29, 1.82) is 0 Å². The van der Waals surface area contributed by atoms with Gasteiger partial charge in [-0.3, -0.25) is 0 Å². The van der Waals surface area contributed by atoms with Gasteiger partial charge in [-0.25, -0.2) is 9.78 Å². The van der Waals surface area contributed by atoms with Gasteiger partial charge in [-0.1, -0.05) is 37.1 Å². The van der Waals surface area contributed by atoms with Crippen LogP contribution in [0.15, 0.2) is 36.8 Å². The summed E-state index contributed by atoms with van der Waals surface area (Å²) in [5, 5.41) is 9.83. The molecule has 1 N–H and O–H groups in total. The summed E-state index contributed by atoms with van der Waals surface area (Å²) in [5.74, 6) is -0.972. The van der Waals surface area contributed by atoms with E-state index < -0.39 is 5.97 Å². The number of aromatic carboxylic acids is 1. The third-order valence-corrected chi connectivity index (χ3v) is 3.25. The highest BCUT2D eigenvalue weighted by Gasteiger charge is 2.19. The van der Waals surface area contributed by atoms with Crippen LogP contribution in [-0.4, -0.2) is 20.6 Å². The van der Waals surface area contributed by atoms with Crippen molar-refractivity contribution in [2.45, 2.75) is 25.8 Å². The molecule has 100 valence electrons. The molecule has 1 unspecified atom stereocenters. The van der Waals surface area contributed by atoms with Crippen molar-refractivity contribution in [3.8, 4) is 0 Å². The van der Waals surface area contributed by atoms with Crippen LogP contribution in [0.5, 0.6) is 0 Å². The molecule has 1 heterocycles. The average molecular weight is 279 g/mol. The Hall–Kier alpha value is -1.81. The van der Waals surface area contributed by atoms with Gasteiger partial charge in [0.05, 0.1) is 18.6 Å². The fraction of sp³-hybridized carbons (Fsp3) is 0.286. The number of carboxylic acids is 1. The SMILES string of the molecule is CCCC(c1cccc(Cl)c1)n1cncc1C(=O)O. The Balaban J connectivity index is 2.45. The molecule has 0 aliphatic carbocycles. The van der Waals surface area contributed by atoms with Crippen LogP contribution in [0, 0.1) is 0 Å². The Kier molecular flexibility index (Phi) is 4.22. The number of hydrogen-bond acceptors (Lipinski definition) is 2. The molecule has 0 bridgehead atoms. The molecule has 5 heteroatoms. The molecule has 0 spiro atoms. The van der Waals surface area contributed by atoms with E-state index in [4.69, 9.17) is 11.6 Å². The predicted octanol–water partition coefficient (Wildman–Crippen LogP) is 3.62. The van der Waals surface area contributed by atoms with Crippen molar-refractivity contribution < 1.29 is 9.90 Å². The van der Waals surface area contributed by atoms with E-state index in [1.807, 2.05) is 18.2 Å². The van der Waals surface area contributed by atoms with Gasteiger partial charge < -0.3 is 9.67 Å². The Morgan fingerprint density at radius 2 is 2.32 bits per heavy atom. The minimum atomic E-state index is -0.972. The minimum absolute atomic E-state index is 0.0581. The van der Waals surface area contributed by atoms with E-state index in [1.165, 1.54) is 6.20 Å². The quantitative estimate of drug-likeness (QED) is 0.909. The fourth-order valence-electron chi connectivity index (χ4n) is 2.17. The van der Waals surface area contributed by atoms with Gasteiger partial charge in [0, 0.05) is 5.02 Å². The maximum absolute atomic E-state index is 11.2. The zero-order valence-corrected chi connectivity index (χ0v) is 11.3. The molecule has 1 atom stereocenters. The van der Waals surface area contributed by atoms with Gasteiger partial charge in [0.15, 0.2) is 0 Å². The van der Waals surface area contributed by atoms with Gasteiger partial charge in [0.1, 0.15) is 5.69 Å². The number of rotatable bonds is 5. The second-order valence-corrected chi connectivity index (χ2v) is 4.79. The molecule has 1 aromatic heterocycles. The van der Waals surface area contributed by atoms with Gasteiger partial charge in [-0.15, -0.1) is 0 Å². The summed E-state index contributed by atoms with van der Waals surface area (Å²) >= 11 is 6.01. The Morgan fingerprint density at radius 3 is 2.95 bits per heavy atom. The molecule has 0 amide bonds. The smallest absolute Gasteiger partial charge is 0.354 e. The molecule has 0 saturated heterocycles. The van der Waals surface area contributed by atoms with Crippen LogP contribution in [0.25, 0.3) is 0 Å². The lowest BCUT2D eigenvalue weighted by Gasteiger charge is -2.20. The van der Waals surface area contributed by atoms with E-state index in [9.17, 15) is 9.90 Å². The highest BCUT2D eigenvalue weighted by Crippen LogP contribution is 2.27. The monoisotopic (exact) mass is 278 g/mol. The largest absolute Gasteiger partial charge is 0.477 e. The van der Waals surface area contributed by atoms with E-state index >= 15 is 0 Å². The lowest BCUT2D eigenvalue weighted by molar-refractivity contribution is 0.0683. The molecule has 1 aromatic carbocycles. The number of carbonyl (C=O) groups is 1. The summed E-state index contributed by atoms with van der Waals surface area (Å²) < 4.78 is 1.69. The molecule has 2 aromatic rings. The summed E-state index contributed by atoms with van der Waals surface area (Å²) in [4.78, 5) is 15.1. The third kappa shape index (κ3) is 2.96. The summed E-state index contributed by atoms with van der Waals surface area (Å²) in [6, 6.07) is 7.45. The van der Waals surface area contributed by atoms with Gasteiger partial charge in [0.25, 0.3) is 0 Å². The van der Waals surface area contributed by atoms with Gasteiger partial charge in [0.2, 0.25) is 0 Å². The van der Waals surface area contributed by atoms with Crippen LogP contribution in [-0.2, 0) is 0 Å². The Bertz CT molecular complexity index is 580. The first-order chi connectivity index (χ1) is 9.13. The Morgan fingerprint density at radius 1 is 1.53 bits per heavy atom. The van der Waals surface area contributed by atoms with Gasteiger partial charge in [-0.05, 0) is 24.1 Å². The number of benzene rings is 1. The molecule has 0 radical (unpaired) electrons. The van der Waals surface area contributed by atoms with Crippen LogP contribution >= 0.6 is 11.6 Å². The molecule has 19 heavy (non-hydrogen) atoms. The highest BCUT2D eigenvalue weighted by atomic mass is 35.5. The van der Waals surface area contributed by atoms with Crippen molar-refractivity contribution in [3.05, 3.63) is 53.1 Å². The molecule has 2 rings (SSSR count). The number of imidazole rings is 1. The number of hydrogen-bond donors (Lipinski definition) is 1. The number of aromatic nitrogens is 2. The van der Waals surface area contributed by atoms with Crippen molar-refractivity contribution >= 4 is 17.6 Å². The fourth-order valence-corrected chi connectivity index (χ4v) is 2.37. The number of carboxylic acid groups (broad SMARTS) is 1. The van der Waals surface area contributed by atoms with E-state index in [2.05, 4.69) is 11.9 Å². The highest BCUT2D eigenvalue weighted by molar-refractivity contribution is 6.30. The van der Waals surface area contributed by atoms with Crippen molar-refractivity contribution in [2.24, 2.45) is 0 Å². The first-order valence-electron chi connectivity index (χ1n) is 6.14. The normalized spacial score (nSPS) is 12.3. The van der Waals surface area contributed by atoms with Crippen LogP contribution in [0.4, 0.5) is 0 Å². The standard InChI is InChI=1S/C14H15ClN2O2/c1-2-4-12(10-5-3-6-11(15)7-10)17-9-16-8-13(17)14(18)19/h3,5-9,12H,2,4H2,1H3,(H,18,19). The molecular weight excluding hydrogens is 264 g/mol. The van der Waals surface area contributed by atoms with Crippen LogP contribution < -0.4 is 0 Å². The maximum atomic E-state index is 11.2. The van der Waals surface area contributed by atoms with Crippen LogP contribution in [0.3, 0.4) is 0 Å². The maximum Gasteiger partial charge on any atom is 0.354 e. The predicted molar refractivity (Wildman–Crippen MR) is 73.7 cm³/mol. The van der Waals surface area contributed by atoms with E-state index in [-0.39, 0.29) is 11.7 Å². The van der Waals surface area contributed by atoms with Crippen LogP contribution in [0.2, 0.25) is 5.02 Å². The minimum Gasteiger partial charge on any atom is -0.477 e. The second kappa shape index (κ2) is 5.89. The lowest BCUT2D eigenvalue weighted by Crippen LogP contribution is -2.15. The first kappa shape index (κ1) is 13.6. The summed E-state index contributed by atoms with van der Waals surface area (Å²) in [6.07, 6.45) is 4.70. The van der Waals surface area contributed by atoms with E-state index in [1.54, 1.807) is 17.0 Å². The van der Waals surface area contributed by atoms with Crippen molar-refractivity contribution in [2.75, 3.05) is 0 Å². The zero-order valence-electron chi connectivity index (χ0n) is 10.6. The van der Waals surface area contributed by atoms with Gasteiger partial charge >= 0.3 is 5.97 Å². The zero-order chi connectivity index (χ0) is 13.8. The summed E-state index contributed by atoms with van der Waals surface area (Å²) in [6.45, 7) is 2.06. The summed E-state index contributed by atoms with van der Waals surface area (Å²) in [7, 11) is 0. The second-order valence-electron chi connectivity index (χ2n) is 4.35. The molecular formula is C14H15ClN2O2. The third-order valence-electron chi connectivity index (χ3n) is 3.02. The average Bonchev–Trinajstić information content (AvgIpc) is 2.85. The van der Waals surface area contributed by atoms with Gasteiger partial charge in [-0.2, -0.15) is 0 Å². The number of halogens is 1. The first-order valence-corrected chi connectivity index (χ1v) is 6.52. The van der Waals surface area contributed by atoms with E-state index in [0.29, 0.717) is 5.02 Å². The lowest BCUT2D eigenvalue weighted by atomic mass is 10.0. The summed E-state index contributed by atoms with van der Waals surface area (Å²) in [5.41, 5.74) is 1.19. The topological polar surface area (TPSA) is 55.1 Å². The molecule has 0 aliphatic rings. The van der Waals surface area contributed by atoms with Crippen LogP contribution in [0.1, 0.15) is 41.9 Å². The Labute approximate surface area is 116 Å². The molecule has 0 fully saturated rings. The molecule has 0 saturated carbocycles. The van der Waals surface area contributed by atoms with Crippen molar-refractivity contribution in [1.82, 2.24) is 9.55 Å². The van der Waals surface area contributed by atoms with Crippen molar-refractivity contribution in [3.63, 3.8) is 0 Å².